The van der Waals surface area contributed by atoms with Crippen molar-refractivity contribution in [2.45, 2.75) is 64.1 Å². The summed E-state index contributed by atoms with van der Waals surface area (Å²) in [5.74, 6) is 2.73. The van der Waals surface area contributed by atoms with Gasteiger partial charge >= 0.3 is 6.09 Å². The third-order valence-corrected chi connectivity index (χ3v) is 3.50. The minimum Gasteiger partial charge on any atom is -0.444 e. The van der Waals surface area contributed by atoms with E-state index in [4.69, 9.17) is 11.2 Å². The van der Waals surface area contributed by atoms with E-state index in [2.05, 4.69) is 12.0 Å². The van der Waals surface area contributed by atoms with E-state index >= 15 is 0 Å². The summed E-state index contributed by atoms with van der Waals surface area (Å²) in [4.78, 5) is 14.2. The monoisotopic (exact) mass is 247 g/mol. The highest BCUT2D eigenvalue weighted by atomic mass is 16.6. The molecule has 3 heteroatoms. The molecule has 1 amide bonds. The van der Waals surface area contributed by atoms with E-state index in [9.17, 15) is 4.79 Å². The molecular weight excluding hydrogens is 226 g/mol. The highest BCUT2D eigenvalue weighted by molar-refractivity contribution is 5.70. The Hall–Kier alpha value is -1.43. The van der Waals surface area contributed by atoms with Gasteiger partial charge in [0.15, 0.2) is 0 Å². The van der Waals surface area contributed by atoms with Gasteiger partial charge in [0.05, 0.1) is 6.04 Å². The van der Waals surface area contributed by atoms with Crippen LogP contribution in [0, 0.1) is 12.3 Å². The lowest BCUT2D eigenvalue weighted by Gasteiger charge is -2.31. The molecule has 0 saturated carbocycles. The number of carbonyl (C=O) groups is 1. The van der Waals surface area contributed by atoms with Crippen LogP contribution in [0.5, 0.6) is 0 Å². The maximum Gasteiger partial charge on any atom is 0.411 e. The van der Waals surface area contributed by atoms with Gasteiger partial charge in [-0.15, -0.1) is 6.42 Å². The molecule has 2 heterocycles. The van der Waals surface area contributed by atoms with E-state index in [0.29, 0.717) is 0 Å². The van der Waals surface area contributed by atoms with Crippen molar-refractivity contribution < 1.29 is 9.53 Å². The predicted octanol–water partition coefficient (Wildman–Crippen LogP) is 3.11. The summed E-state index contributed by atoms with van der Waals surface area (Å²) in [6.07, 6.45) is 11.4. The molecule has 0 radical (unpaired) electrons. The Kier molecular flexibility index (Phi) is 3.38. The van der Waals surface area contributed by atoms with E-state index in [1.165, 1.54) is 0 Å². The standard InChI is InChI=1S/C15H21NO2/c1-5-11-7-6-8-12-9-10-13(11)16(12)14(17)18-15(2,3)4/h1,7,12-13H,6,8-10H2,2-4H3. The van der Waals surface area contributed by atoms with Crippen molar-refractivity contribution in [3.05, 3.63) is 11.6 Å². The molecule has 0 aliphatic carbocycles. The van der Waals surface area contributed by atoms with E-state index in [1.807, 2.05) is 25.7 Å². The quantitative estimate of drug-likeness (QED) is 0.616. The number of hydrogen-bond acceptors (Lipinski definition) is 2. The number of nitrogens with zero attached hydrogens (tertiary/aromatic N) is 1. The molecule has 2 aliphatic rings. The van der Waals surface area contributed by atoms with Crippen LogP contribution < -0.4 is 0 Å². The van der Waals surface area contributed by atoms with Gasteiger partial charge in [-0.25, -0.2) is 4.79 Å². The SMILES string of the molecule is C#CC1=CCCC2CCC1N2C(=O)OC(C)(C)C. The van der Waals surface area contributed by atoms with Crippen LogP contribution >= 0.6 is 0 Å². The first kappa shape index (κ1) is 13.0. The predicted molar refractivity (Wildman–Crippen MR) is 71.0 cm³/mol. The summed E-state index contributed by atoms with van der Waals surface area (Å²) in [5.41, 5.74) is 0.490. The van der Waals surface area contributed by atoms with Gasteiger partial charge in [-0.05, 0) is 46.5 Å². The van der Waals surface area contributed by atoms with E-state index in [-0.39, 0.29) is 18.2 Å². The zero-order valence-corrected chi connectivity index (χ0v) is 11.4. The fourth-order valence-corrected chi connectivity index (χ4v) is 2.79. The molecule has 98 valence electrons. The van der Waals surface area contributed by atoms with Gasteiger partial charge in [0, 0.05) is 11.6 Å². The normalized spacial score (nSPS) is 27.2. The molecule has 1 saturated heterocycles. The van der Waals surface area contributed by atoms with E-state index < -0.39 is 5.60 Å². The number of amides is 1. The summed E-state index contributed by atoms with van der Waals surface area (Å²) in [6.45, 7) is 5.67. The Balaban J connectivity index is 2.20. The second-order valence-electron chi connectivity index (χ2n) is 6.02. The molecule has 0 spiro atoms. The number of fused-ring (bicyclic) bond motifs is 2. The third-order valence-electron chi connectivity index (χ3n) is 3.50. The average Bonchev–Trinajstić information content (AvgIpc) is 2.53. The fraction of sp³-hybridized carbons (Fsp3) is 0.667. The highest BCUT2D eigenvalue weighted by Crippen LogP contribution is 2.35. The molecule has 2 atom stereocenters. The number of terminal acetylenes is 1. The number of rotatable bonds is 0. The first-order valence-corrected chi connectivity index (χ1v) is 6.60. The van der Waals surface area contributed by atoms with Crippen LogP contribution in [0.15, 0.2) is 11.6 Å². The first-order chi connectivity index (χ1) is 8.42. The first-order valence-electron chi connectivity index (χ1n) is 6.60. The molecule has 1 fully saturated rings. The Morgan fingerprint density at radius 3 is 2.78 bits per heavy atom. The number of allylic oxidation sites excluding steroid dienone is 1. The zero-order valence-electron chi connectivity index (χ0n) is 11.4. The zero-order chi connectivity index (χ0) is 13.3. The Bertz CT molecular complexity index is 411. The van der Waals surface area contributed by atoms with Crippen LogP contribution in [0.25, 0.3) is 0 Å². The smallest absolute Gasteiger partial charge is 0.411 e. The molecule has 2 rings (SSSR count). The minimum absolute atomic E-state index is 0.0531. The topological polar surface area (TPSA) is 29.5 Å². The summed E-state index contributed by atoms with van der Waals surface area (Å²) < 4.78 is 5.50. The lowest BCUT2D eigenvalue weighted by molar-refractivity contribution is 0.0175. The lowest BCUT2D eigenvalue weighted by atomic mass is 10.0. The molecule has 2 aliphatic heterocycles. The van der Waals surface area contributed by atoms with E-state index in [0.717, 1.165) is 31.3 Å². The molecule has 0 aromatic carbocycles. The van der Waals surface area contributed by atoms with Crippen LogP contribution in [0.4, 0.5) is 4.79 Å². The van der Waals surface area contributed by atoms with Gasteiger partial charge in [-0.3, -0.25) is 4.90 Å². The summed E-state index contributed by atoms with van der Waals surface area (Å²) in [5, 5.41) is 0. The summed E-state index contributed by atoms with van der Waals surface area (Å²) in [6, 6.07) is 0.337. The molecule has 0 N–H and O–H groups in total. The molecule has 2 unspecified atom stereocenters. The van der Waals surface area contributed by atoms with Crippen LogP contribution in [0.2, 0.25) is 0 Å². The maximum absolute atomic E-state index is 12.3. The highest BCUT2D eigenvalue weighted by Gasteiger charge is 2.41. The summed E-state index contributed by atoms with van der Waals surface area (Å²) in [7, 11) is 0. The Morgan fingerprint density at radius 2 is 2.17 bits per heavy atom. The van der Waals surface area contributed by atoms with Crippen LogP contribution in [0.1, 0.15) is 46.5 Å². The number of hydrogen-bond donors (Lipinski definition) is 0. The molecule has 3 nitrogen and oxygen atoms in total. The molecular formula is C15H21NO2. The van der Waals surface area contributed by atoms with Gasteiger partial charge in [0.25, 0.3) is 0 Å². The van der Waals surface area contributed by atoms with Crippen molar-refractivity contribution >= 4 is 6.09 Å². The van der Waals surface area contributed by atoms with Crippen LogP contribution in [-0.2, 0) is 4.74 Å². The second kappa shape index (κ2) is 4.68. The third kappa shape index (κ3) is 2.53. The maximum atomic E-state index is 12.3. The Morgan fingerprint density at radius 1 is 1.44 bits per heavy atom. The van der Waals surface area contributed by atoms with Gasteiger partial charge < -0.3 is 4.74 Å². The van der Waals surface area contributed by atoms with Crippen molar-refractivity contribution in [3.63, 3.8) is 0 Å². The molecule has 2 bridgehead atoms. The van der Waals surface area contributed by atoms with Gasteiger partial charge in [-0.1, -0.05) is 12.0 Å². The fourth-order valence-electron chi connectivity index (χ4n) is 2.79. The van der Waals surface area contributed by atoms with Crippen LogP contribution in [-0.4, -0.2) is 28.7 Å². The Labute approximate surface area is 109 Å². The van der Waals surface area contributed by atoms with Gasteiger partial charge in [0.2, 0.25) is 0 Å². The minimum atomic E-state index is -0.456. The van der Waals surface area contributed by atoms with Gasteiger partial charge in [-0.2, -0.15) is 0 Å². The number of carbonyl (C=O) groups excluding carboxylic acids is 1. The molecule has 18 heavy (non-hydrogen) atoms. The van der Waals surface area contributed by atoms with Crippen molar-refractivity contribution in [3.8, 4) is 12.3 Å². The molecule has 0 aromatic heterocycles. The van der Waals surface area contributed by atoms with E-state index in [1.54, 1.807) is 0 Å². The summed E-state index contributed by atoms with van der Waals surface area (Å²) >= 11 is 0. The van der Waals surface area contributed by atoms with Crippen molar-refractivity contribution in [2.24, 2.45) is 0 Å². The lowest BCUT2D eigenvalue weighted by Crippen LogP contribution is -2.44. The number of ether oxygens (including phenoxy) is 1. The molecule has 0 aromatic rings. The van der Waals surface area contributed by atoms with Crippen LogP contribution in [0.3, 0.4) is 0 Å². The van der Waals surface area contributed by atoms with Crippen molar-refractivity contribution in [1.82, 2.24) is 4.90 Å². The second-order valence-corrected chi connectivity index (χ2v) is 6.02. The van der Waals surface area contributed by atoms with Crippen molar-refractivity contribution in [1.29, 1.82) is 0 Å². The van der Waals surface area contributed by atoms with Crippen molar-refractivity contribution in [2.75, 3.05) is 0 Å². The average molecular weight is 247 g/mol. The largest absolute Gasteiger partial charge is 0.444 e. The van der Waals surface area contributed by atoms with Gasteiger partial charge in [0.1, 0.15) is 5.60 Å².